The lowest BCUT2D eigenvalue weighted by Gasteiger charge is -2.07. The summed E-state index contributed by atoms with van der Waals surface area (Å²) in [6.07, 6.45) is 0.364. The van der Waals surface area contributed by atoms with Crippen molar-refractivity contribution in [3.8, 4) is 0 Å². The number of sulfonamides is 1. The molecule has 1 amide bonds. The van der Waals surface area contributed by atoms with Gasteiger partial charge in [0, 0.05) is 6.42 Å². The number of amides is 1. The van der Waals surface area contributed by atoms with Gasteiger partial charge in [-0.3, -0.25) is 9.52 Å². The minimum atomic E-state index is -3.70. The third-order valence-corrected chi connectivity index (χ3v) is 7.34. The molecule has 0 aliphatic carbocycles. The van der Waals surface area contributed by atoms with Crippen LogP contribution in [-0.4, -0.2) is 19.3 Å². The summed E-state index contributed by atoms with van der Waals surface area (Å²) in [5, 5.41) is 3.22. The zero-order chi connectivity index (χ0) is 18.2. The number of carbonyl (C=O) groups is 1. The van der Waals surface area contributed by atoms with E-state index in [9.17, 15) is 13.2 Å². The van der Waals surface area contributed by atoms with Crippen LogP contribution in [0.4, 0.5) is 10.8 Å². The molecule has 25 heavy (non-hydrogen) atoms. The third-order valence-electron chi connectivity index (χ3n) is 3.32. The average Bonchev–Trinajstić information content (AvgIpc) is 3.13. The zero-order valence-corrected chi connectivity index (χ0v) is 16.5. The molecular weight excluding hydrogens is 402 g/mol. The molecule has 2 aromatic heterocycles. The van der Waals surface area contributed by atoms with Crippen molar-refractivity contribution in [3.05, 3.63) is 34.2 Å². The van der Waals surface area contributed by atoms with Gasteiger partial charge in [0.2, 0.25) is 5.91 Å². The summed E-state index contributed by atoms with van der Waals surface area (Å²) < 4.78 is 28.7. The number of aryl methyl sites for hydroxylation is 1. The zero-order valence-electron chi connectivity index (χ0n) is 13.3. The molecule has 0 aliphatic rings. The topological polar surface area (TPSA) is 88.2 Å². The molecule has 0 bridgehead atoms. The fourth-order valence-corrected chi connectivity index (χ4v) is 5.69. The van der Waals surface area contributed by atoms with Crippen LogP contribution in [0.15, 0.2) is 28.5 Å². The first-order chi connectivity index (χ1) is 11.8. The largest absolute Gasteiger partial charge is 0.302 e. The number of carbonyl (C=O) groups excluding carboxylic acids is 1. The molecule has 3 aromatic rings. The van der Waals surface area contributed by atoms with Crippen molar-refractivity contribution in [1.29, 1.82) is 0 Å². The van der Waals surface area contributed by atoms with Gasteiger partial charge in [-0.1, -0.05) is 29.9 Å². The van der Waals surface area contributed by atoms with Gasteiger partial charge in [0.15, 0.2) is 5.13 Å². The van der Waals surface area contributed by atoms with E-state index in [0.29, 0.717) is 21.6 Å². The van der Waals surface area contributed by atoms with Crippen LogP contribution in [0.3, 0.4) is 0 Å². The Morgan fingerprint density at radius 1 is 1.28 bits per heavy atom. The van der Waals surface area contributed by atoms with Crippen molar-refractivity contribution in [1.82, 2.24) is 4.98 Å². The van der Waals surface area contributed by atoms with Crippen molar-refractivity contribution in [2.24, 2.45) is 0 Å². The average molecular weight is 416 g/mol. The number of hydrogen-bond acceptors (Lipinski definition) is 6. The van der Waals surface area contributed by atoms with Gasteiger partial charge < -0.3 is 5.32 Å². The highest BCUT2D eigenvalue weighted by molar-refractivity contribution is 7.94. The lowest BCUT2D eigenvalue weighted by molar-refractivity contribution is -0.115. The Kier molecular flexibility index (Phi) is 5.01. The van der Waals surface area contributed by atoms with Gasteiger partial charge in [0.1, 0.15) is 4.21 Å². The van der Waals surface area contributed by atoms with Crippen molar-refractivity contribution in [3.63, 3.8) is 0 Å². The lowest BCUT2D eigenvalue weighted by atomic mass is 10.2. The Labute approximate surface area is 157 Å². The van der Waals surface area contributed by atoms with Crippen LogP contribution in [0, 0.1) is 6.92 Å². The maximum Gasteiger partial charge on any atom is 0.271 e. The van der Waals surface area contributed by atoms with Gasteiger partial charge in [-0.2, -0.15) is 0 Å². The number of anilines is 2. The summed E-state index contributed by atoms with van der Waals surface area (Å²) in [6.45, 7) is 3.60. The summed E-state index contributed by atoms with van der Waals surface area (Å²) in [7, 11) is -3.70. The van der Waals surface area contributed by atoms with Crippen LogP contribution in [0.25, 0.3) is 10.2 Å². The van der Waals surface area contributed by atoms with E-state index in [1.54, 1.807) is 25.1 Å². The highest BCUT2D eigenvalue weighted by Gasteiger charge is 2.18. The van der Waals surface area contributed by atoms with E-state index >= 15 is 0 Å². The van der Waals surface area contributed by atoms with E-state index in [4.69, 9.17) is 11.6 Å². The molecule has 0 saturated carbocycles. The summed E-state index contributed by atoms with van der Waals surface area (Å²) >= 11 is 8.11. The molecular formula is C15H14ClN3O3S3. The van der Waals surface area contributed by atoms with Crippen molar-refractivity contribution >= 4 is 71.2 Å². The summed E-state index contributed by atoms with van der Waals surface area (Å²) in [5.41, 5.74) is 1.98. The number of hydrogen-bond donors (Lipinski definition) is 2. The molecule has 132 valence electrons. The number of aromatic nitrogens is 1. The highest BCUT2D eigenvalue weighted by Crippen LogP contribution is 2.33. The van der Waals surface area contributed by atoms with E-state index in [-0.39, 0.29) is 10.1 Å². The number of fused-ring (bicyclic) bond motifs is 1. The molecule has 0 atom stereocenters. The number of rotatable bonds is 5. The highest BCUT2D eigenvalue weighted by atomic mass is 35.5. The fourth-order valence-electron chi connectivity index (χ4n) is 2.16. The second-order valence-electron chi connectivity index (χ2n) is 5.22. The Bertz CT molecular complexity index is 1060. The lowest BCUT2D eigenvalue weighted by Crippen LogP contribution is -2.11. The van der Waals surface area contributed by atoms with Gasteiger partial charge >= 0.3 is 0 Å². The van der Waals surface area contributed by atoms with E-state index in [0.717, 1.165) is 27.1 Å². The van der Waals surface area contributed by atoms with Crippen LogP contribution in [0.1, 0.15) is 18.9 Å². The number of thiazole rings is 1. The van der Waals surface area contributed by atoms with Crippen LogP contribution in [0.5, 0.6) is 0 Å². The first kappa shape index (κ1) is 18.1. The summed E-state index contributed by atoms with van der Waals surface area (Å²) in [5.74, 6) is -0.118. The number of benzene rings is 1. The Balaban J connectivity index is 1.93. The molecule has 0 spiro atoms. The number of thiophene rings is 1. The van der Waals surface area contributed by atoms with Crippen molar-refractivity contribution in [2.45, 2.75) is 24.5 Å². The number of nitrogens with zero attached hydrogens (tertiary/aromatic N) is 1. The van der Waals surface area contributed by atoms with E-state index < -0.39 is 10.0 Å². The van der Waals surface area contributed by atoms with Gasteiger partial charge in [-0.25, -0.2) is 13.4 Å². The first-order valence-electron chi connectivity index (χ1n) is 7.27. The van der Waals surface area contributed by atoms with Gasteiger partial charge in [0.05, 0.1) is 20.2 Å². The van der Waals surface area contributed by atoms with Crippen LogP contribution in [-0.2, 0) is 14.8 Å². The molecule has 2 heterocycles. The molecule has 0 radical (unpaired) electrons. The van der Waals surface area contributed by atoms with Gasteiger partial charge in [-0.15, -0.1) is 11.3 Å². The molecule has 1 aromatic carbocycles. The SMILES string of the molecule is CCC(=O)Nc1nc2c(C)cc(NS(=O)(=O)c3ccc(Cl)s3)cc2s1. The third kappa shape index (κ3) is 3.95. The predicted octanol–water partition coefficient (Wildman–Crippen LogP) is 4.47. The molecule has 2 N–H and O–H groups in total. The molecule has 3 rings (SSSR count). The van der Waals surface area contributed by atoms with Crippen LogP contribution in [0.2, 0.25) is 4.34 Å². The first-order valence-corrected chi connectivity index (χ1v) is 10.8. The minimum Gasteiger partial charge on any atom is -0.302 e. The fraction of sp³-hybridized carbons (Fsp3) is 0.200. The van der Waals surface area contributed by atoms with Gasteiger partial charge in [0.25, 0.3) is 10.0 Å². The van der Waals surface area contributed by atoms with Crippen LogP contribution < -0.4 is 10.0 Å². The molecule has 10 heteroatoms. The molecule has 0 fully saturated rings. The number of nitrogens with one attached hydrogen (secondary N) is 2. The minimum absolute atomic E-state index is 0.118. The standard InChI is InChI=1S/C15H14ClN3O3S3/c1-3-12(20)17-15-18-14-8(2)6-9(7-10(14)23-15)19-25(21,22)13-5-4-11(16)24-13/h4-7,19H,3H2,1-2H3,(H,17,18,20). The normalized spacial score (nSPS) is 11.6. The van der Waals surface area contributed by atoms with E-state index in [2.05, 4.69) is 15.0 Å². The van der Waals surface area contributed by atoms with E-state index in [1.807, 2.05) is 6.92 Å². The molecule has 0 unspecified atom stereocenters. The Morgan fingerprint density at radius 2 is 2.04 bits per heavy atom. The molecule has 0 aliphatic heterocycles. The molecule has 6 nitrogen and oxygen atoms in total. The maximum absolute atomic E-state index is 12.4. The van der Waals surface area contributed by atoms with Crippen LogP contribution >= 0.6 is 34.3 Å². The Morgan fingerprint density at radius 3 is 2.68 bits per heavy atom. The Hall–Kier alpha value is -1.68. The second-order valence-corrected chi connectivity index (χ2v) is 9.88. The van der Waals surface area contributed by atoms with Crippen molar-refractivity contribution < 1.29 is 13.2 Å². The monoisotopic (exact) mass is 415 g/mol. The van der Waals surface area contributed by atoms with E-state index in [1.165, 1.54) is 17.4 Å². The number of halogens is 1. The van der Waals surface area contributed by atoms with Crippen molar-refractivity contribution in [2.75, 3.05) is 10.0 Å². The second kappa shape index (κ2) is 6.91. The molecule has 0 saturated heterocycles. The summed E-state index contributed by atoms with van der Waals surface area (Å²) in [4.78, 5) is 15.9. The predicted molar refractivity (Wildman–Crippen MR) is 103 cm³/mol. The summed E-state index contributed by atoms with van der Waals surface area (Å²) in [6, 6.07) is 6.42. The smallest absolute Gasteiger partial charge is 0.271 e. The quantitative estimate of drug-likeness (QED) is 0.643. The van der Waals surface area contributed by atoms with Gasteiger partial charge in [-0.05, 0) is 36.8 Å². The maximum atomic E-state index is 12.4.